The molecule has 0 aliphatic carbocycles. The van der Waals surface area contributed by atoms with Gasteiger partial charge in [0.05, 0.1) is 59.8 Å². The lowest BCUT2D eigenvalue weighted by Gasteiger charge is -2.30. The quantitative estimate of drug-likeness (QED) is 0.0994. The number of methoxy groups -OCH3 is 2. The third-order valence-corrected chi connectivity index (χ3v) is 16.1. The third-order valence-electron chi connectivity index (χ3n) is 11.3. The summed E-state index contributed by atoms with van der Waals surface area (Å²) >= 11 is 6.98. The molecule has 2 fully saturated rings. The number of imidazole rings is 2. The summed E-state index contributed by atoms with van der Waals surface area (Å²) in [6, 6.07) is 16.2. The van der Waals surface area contributed by atoms with Gasteiger partial charge in [-0.25, -0.2) is 19.6 Å². The number of aromatic nitrogens is 4. The second kappa shape index (κ2) is 17.1. The molecule has 8 heterocycles. The Labute approximate surface area is 367 Å². The highest BCUT2D eigenvalue weighted by Crippen LogP contribution is 2.47. The molecule has 2 aliphatic heterocycles. The normalized spacial score (nSPS) is 17.7. The van der Waals surface area contributed by atoms with Crippen molar-refractivity contribution in [3.63, 3.8) is 0 Å². The van der Waals surface area contributed by atoms with Crippen molar-refractivity contribution in [1.29, 1.82) is 0 Å². The fourth-order valence-corrected chi connectivity index (χ4v) is 13.0. The average Bonchev–Trinajstić information content (AvgIpc) is 4.10. The lowest BCUT2D eigenvalue weighted by molar-refractivity contribution is -0.135. The Kier molecular flexibility index (Phi) is 11.4. The zero-order valence-electron chi connectivity index (χ0n) is 33.9. The summed E-state index contributed by atoms with van der Waals surface area (Å²) in [7, 11) is 2.58. The zero-order chi connectivity index (χ0) is 42.4. The summed E-state index contributed by atoms with van der Waals surface area (Å²) in [6.07, 6.45) is 5.67. The summed E-state index contributed by atoms with van der Waals surface area (Å²) < 4.78 is 14.4. The number of carbonyl (C=O) groups is 4. The highest BCUT2D eigenvalue weighted by Gasteiger charge is 2.39. The number of hydrogen-bond acceptors (Lipinski definition) is 12. The lowest BCUT2D eigenvalue weighted by Crippen LogP contribution is -2.51. The van der Waals surface area contributed by atoms with Crippen LogP contribution in [0.25, 0.3) is 49.7 Å². The van der Waals surface area contributed by atoms with Gasteiger partial charge in [-0.2, -0.15) is 0 Å². The van der Waals surface area contributed by atoms with Crippen LogP contribution in [0.2, 0.25) is 0 Å². The van der Waals surface area contributed by atoms with Crippen LogP contribution in [0.4, 0.5) is 9.59 Å². The fraction of sp³-hybridized carbons (Fsp3) is 0.349. The van der Waals surface area contributed by atoms with Gasteiger partial charge in [0, 0.05) is 41.6 Å². The van der Waals surface area contributed by atoms with Gasteiger partial charge in [-0.15, -0.1) is 45.3 Å². The fourth-order valence-electron chi connectivity index (χ4n) is 8.23. The number of carbonyl (C=O) groups excluding carboxylic acids is 4. The summed E-state index contributed by atoms with van der Waals surface area (Å²) in [5.41, 5.74) is 2.52. The Morgan fingerprint density at radius 1 is 0.672 bits per heavy atom. The molecular formula is C43H44N8O6S4. The van der Waals surface area contributed by atoms with E-state index in [9.17, 15) is 19.2 Å². The maximum atomic E-state index is 13.9. The van der Waals surface area contributed by atoms with Gasteiger partial charge in [0.15, 0.2) is 0 Å². The van der Waals surface area contributed by atoms with Crippen molar-refractivity contribution in [2.75, 3.05) is 27.3 Å². The standard InChI is InChI=1S/C43H44N8O6S4/c1-22(2)36(48-42(54)56-3)40(52)50-14-8-12-26(50)38-44-20-24(46-38)28-16-30-32(58-28)18-34(60-30)35-19-33-31(61-35)17-29(59-33)25-21-45-39(47-25)27-13-9-15-51(27)41(53)37(49-43(55)57-4)23-10-6-5-7-11-23/h5-7,10-11,16-22,26-27,36-37H,8-9,12-15H2,1-4H3,(H,44,46)(H,45,47)(H,48,54)(H,49,55)/t26-,27-,36-,37+/m0/s1. The molecule has 9 rings (SSSR count). The Morgan fingerprint density at radius 3 is 1.62 bits per heavy atom. The highest BCUT2D eigenvalue weighted by atomic mass is 32.1. The van der Waals surface area contributed by atoms with Crippen LogP contribution in [0.15, 0.2) is 67.0 Å². The van der Waals surface area contributed by atoms with Crippen molar-refractivity contribution in [2.45, 2.75) is 63.7 Å². The summed E-state index contributed by atoms with van der Waals surface area (Å²) in [6.45, 7) is 4.99. The van der Waals surface area contributed by atoms with Gasteiger partial charge in [-0.3, -0.25) is 9.59 Å². The molecule has 0 spiro atoms. The second-order valence-electron chi connectivity index (χ2n) is 15.5. The minimum absolute atomic E-state index is 0.0994. The van der Waals surface area contributed by atoms with E-state index in [-0.39, 0.29) is 29.8 Å². The summed E-state index contributed by atoms with van der Waals surface area (Å²) in [5, 5.41) is 5.44. The van der Waals surface area contributed by atoms with E-state index in [2.05, 4.69) is 44.9 Å². The van der Waals surface area contributed by atoms with Crippen LogP contribution in [0.3, 0.4) is 0 Å². The number of alkyl carbamates (subject to hydrolysis) is 2. The number of nitrogens with zero attached hydrogens (tertiary/aromatic N) is 4. The first-order valence-corrected chi connectivity index (χ1v) is 23.4. The summed E-state index contributed by atoms with van der Waals surface area (Å²) in [4.78, 5) is 76.5. The van der Waals surface area contributed by atoms with E-state index in [0.29, 0.717) is 18.7 Å². The number of aromatic amines is 2. The number of benzene rings is 1. The number of hydrogen-bond donors (Lipinski definition) is 4. The number of thiophene rings is 4. The molecule has 0 bridgehead atoms. The number of amides is 4. The van der Waals surface area contributed by atoms with Gasteiger partial charge in [0.1, 0.15) is 23.7 Å². The van der Waals surface area contributed by atoms with Crippen LogP contribution in [-0.4, -0.2) is 87.1 Å². The minimum atomic E-state index is -0.871. The van der Waals surface area contributed by atoms with Crippen LogP contribution in [0.1, 0.15) is 74.9 Å². The maximum Gasteiger partial charge on any atom is 0.407 e. The third kappa shape index (κ3) is 8.04. The number of likely N-dealkylation sites (tertiary alicyclic amines) is 2. The SMILES string of the molecule is COC(=O)N[C@H](C(=O)N1CCC[C@H]1c1ncc(-c2cc3sc(-c4cc5sc(-c6cnc([C@@H]7CCCN7C(=O)[C@H](NC(=O)OC)c7ccccc7)[nH]6)cc5s4)cc3s2)[nH]1)C(C)C. The largest absolute Gasteiger partial charge is 0.453 e. The average molecular weight is 897 g/mol. The van der Waals surface area contributed by atoms with Crippen LogP contribution in [0, 0.1) is 5.92 Å². The van der Waals surface area contributed by atoms with Gasteiger partial charge >= 0.3 is 12.2 Å². The van der Waals surface area contributed by atoms with Crippen LogP contribution in [-0.2, 0) is 19.1 Å². The zero-order valence-corrected chi connectivity index (χ0v) is 37.1. The van der Waals surface area contributed by atoms with Crippen molar-refractivity contribution in [1.82, 2.24) is 40.4 Å². The van der Waals surface area contributed by atoms with Gasteiger partial charge in [-0.1, -0.05) is 44.2 Å². The van der Waals surface area contributed by atoms with E-state index < -0.39 is 24.3 Å². The maximum absolute atomic E-state index is 13.9. The lowest BCUT2D eigenvalue weighted by atomic mass is 10.0. The van der Waals surface area contributed by atoms with E-state index in [4.69, 9.17) is 19.4 Å². The van der Waals surface area contributed by atoms with E-state index in [1.54, 1.807) is 45.3 Å². The van der Waals surface area contributed by atoms with Crippen molar-refractivity contribution in [3.8, 4) is 30.9 Å². The van der Waals surface area contributed by atoms with Crippen LogP contribution >= 0.6 is 45.3 Å². The molecule has 316 valence electrons. The monoisotopic (exact) mass is 896 g/mol. The molecule has 18 heteroatoms. The molecule has 4 amide bonds. The summed E-state index contributed by atoms with van der Waals surface area (Å²) in [5.74, 6) is 1.05. The van der Waals surface area contributed by atoms with Crippen molar-refractivity contribution < 1.29 is 28.7 Å². The Hall–Kier alpha value is -5.56. The smallest absolute Gasteiger partial charge is 0.407 e. The first-order valence-electron chi connectivity index (χ1n) is 20.1. The van der Waals surface area contributed by atoms with E-state index in [1.165, 1.54) is 42.8 Å². The molecule has 7 aromatic rings. The molecule has 14 nitrogen and oxygen atoms in total. The van der Waals surface area contributed by atoms with Gasteiger partial charge in [0.2, 0.25) is 5.91 Å². The predicted octanol–water partition coefficient (Wildman–Crippen LogP) is 9.49. The van der Waals surface area contributed by atoms with Gasteiger partial charge in [0.25, 0.3) is 5.91 Å². The first kappa shape index (κ1) is 40.8. The van der Waals surface area contributed by atoms with E-state index >= 15 is 0 Å². The van der Waals surface area contributed by atoms with Crippen molar-refractivity contribution >= 4 is 88.1 Å². The molecule has 6 aromatic heterocycles. The number of fused-ring (bicyclic) bond motifs is 2. The number of H-pyrrole nitrogens is 2. The molecule has 2 saturated heterocycles. The minimum Gasteiger partial charge on any atom is -0.453 e. The topological polar surface area (TPSA) is 175 Å². The van der Waals surface area contributed by atoms with Crippen molar-refractivity contribution in [3.05, 3.63) is 84.2 Å². The number of nitrogens with one attached hydrogen (secondary N) is 4. The van der Waals surface area contributed by atoms with Gasteiger partial charge < -0.3 is 39.9 Å². The van der Waals surface area contributed by atoms with E-state index in [1.807, 2.05) is 66.4 Å². The van der Waals surface area contributed by atoms with Crippen LogP contribution < -0.4 is 10.6 Å². The molecule has 61 heavy (non-hydrogen) atoms. The van der Waals surface area contributed by atoms with Crippen molar-refractivity contribution in [2.24, 2.45) is 5.92 Å². The second-order valence-corrected chi connectivity index (χ2v) is 19.8. The molecule has 4 N–H and O–H groups in total. The molecule has 1 aromatic carbocycles. The molecule has 0 radical (unpaired) electrons. The predicted molar refractivity (Wildman–Crippen MR) is 240 cm³/mol. The van der Waals surface area contributed by atoms with Crippen LogP contribution in [0.5, 0.6) is 0 Å². The highest BCUT2D eigenvalue weighted by molar-refractivity contribution is 7.35. The Bertz CT molecular complexity index is 2660. The Morgan fingerprint density at radius 2 is 1.13 bits per heavy atom. The first-order chi connectivity index (χ1) is 29.6. The molecular weight excluding hydrogens is 853 g/mol. The molecule has 0 unspecified atom stereocenters. The molecule has 0 saturated carbocycles. The Balaban J connectivity index is 0.877. The number of ether oxygens (including phenoxy) is 2. The molecule has 4 atom stereocenters. The molecule has 2 aliphatic rings. The van der Waals surface area contributed by atoms with Gasteiger partial charge in [-0.05, 0) is 61.4 Å². The number of rotatable bonds is 11. The van der Waals surface area contributed by atoms with E-state index in [0.717, 1.165) is 58.5 Å².